The third-order valence-corrected chi connectivity index (χ3v) is 1.25. The molecule has 9 heavy (non-hydrogen) atoms. The lowest BCUT2D eigenvalue weighted by Gasteiger charge is -2.04. The van der Waals surface area contributed by atoms with E-state index in [9.17, 15) is 4.79 Å². The molecule has 0 bridgehead atoms. The van der Waals surface area contributed by atoms with E-state index >= 15 is 0 Å². The van der Waals surface area contributed by atoms with E-state index in [1.165, 1.54) is 0 Å². The minimum absolute atomic E-state index is 0.243. The smallest absolute Gasteiger partial charge is 0.136 e. The molecule has 0 amide bonds. The maximum absolute atomic E-state index is 9.99. The van der Waals surface area contributed by atoms with Crippen LogP contribution in [0.15, 0.2) is 0 Å². The molecule has 0 aliphatic carbocycles. The third kappa shape index (κ3) is 5.50. The molecule has 2 heteroatoms. The van der Waals surface area contributed by atoms with Gasteiger partial charge in [-0.15, -0.1) is 0 Å². The van der Waals surface area contributed by atoms with Gasteiger partial charge in [-0.25, -0.2) is 0 Å². The molecule has 1 atom stereocenters. The zero-order valence-electron chi connectivity index (χ0n) is 6.13. The van der Waals surface area contributed by atoms with Crippen molar-refractivity contribution >= 4 is 6.29 Å². The van der Waals surface area contributed by atoms with Gasteiger partial charge in [-0.05, 0) is 18.8 Å². The Hall–Kier alpha value is -0.370. The van der Waals surface area contributed by atoms with Gasteiger partial charge in [0.1, 0.15) is 6.29 Å². The molecule has 0 aliphatic heterocycles. The molecular weight excluding hydrogens is 114 g/mol. The number of nitrogens with two attached hydrogens (primary N) is 1. The first-order valence-corrected chi connectivity index (χ1v) is 3.37. The lowest BCUT2D eigenvalue weighted by atomic mass is 10.1. The van der Waals surface area contributed by atoms with E-state index in [4.69, 9.17) is 5.73 Å². The van der Waals surface area contributed by atoms with Crippen LogP contribution in [0.1, 0.15) is 26.7 Å². The van der Waals surface area contributed by atoms with E-state index in [1.807, 2.05) is 0 Å². The van der Waals surface area contributed by atoms with Crippen molar-refractivity contribution in [2.45, 2.75) is 32.7 Å². The molecule has 0 saturated heterocycles. The van der Waals surface area contributed by atoms with Crippen molar-refractivity contribution in [1.82, 2.24) is 0 Å². The van der Waals surface area contributed by atoms with Gasteiger partial charge in [0.25, 0.3) is 0 Å². The Morgan fingerprint density at radius 3 is 2.33 bits per heavy atom. The van der Waals surface area contributed by atoms with E-state index in [2.05, 4.69) is 13.8 Å². The van der Waals surface area contributed by atoms with Crippen LogP contribution in [0, 0.1) is 5.92 Å². The highest BCUT2D eigenvalue weighted by Crippen LogP contribution is 2.03. The van der Waals surface area contributed by atoms with E-state index in [-0.39, 0.29) is 6.04 Å². The number of aldehydes is 1. The van der Waals surface area contributed by atoms with Crippen LogP contribution in [-0.4, -0.2) is 12.3 Å². The molecule has 0 unspecified atom stereocenters. The van der Waals surface area contributed by atoms with Crippen molar-refractivity contribution in [2.75, 3.05) is 0 Å². The molecular formula is C7H15NO. The number of carbonyl (C=O) groups excluding carboxylic acids is 1. The second-order valence-corrected chi connectivity index (χ2v) is 2.77. The summed E-state index contributed by atoms with van der Waals surface area (Å²) in [5, 5.41) is 0. The van der Waals surface area contributed by atoms with Crippen LogP contribution < -0.4 is 5.73 Å². The molecule has 0 radical (unpaired) electrons. The zero-order valence-corrected chi connectivity index (χ0v) is 6.13. The summed E-state index contributed by atoms with van der Waals surface area (Å²) < 4.78 is 0. The molecule has 2 N–H and O–H groups in total. The van der Waals surface area contributed by atoms with Gasteiger partial charge < -0.3 is 10.5 Å². The highest BCUT2D eigenvalue weighted by Gasteiger charge is 2.00. The van der Waals surface area contributed by atoms with Gasteiger partial charge in [-0.3, -0.25) is 0 Å². The highest BCUT2D eigenvalue weighted by molar-refractivity contribution is 5.56. The Morgan fingerprint density at radius 2 is 2.00 bits per heavy atom. The molecule has 0 rings (SSSR count). The fourth-order valence-corrected chi connectivity index (χ4v) is 0.594. The van der Waals surface area contributed by atoms with Gasteiger partial charge in [0.05, 0.1) is 6.04 Å². The monoisotopic (exact) mass is 129 g/mol. The first kappa shape index (κ1) is 8.63. The van der Waals surface area contributed by atoms with E-state index in [0.717, 1.165) is 19.1 Å². The van der Waals surface area contributed by atoms with Crippen LogP contribution in [0.3, 0.4) is 0 Å². The van der Waals surface area contributed by atoms with E-state index < -0.39 is 0 Å². The topological polar surface area (TPSA) is 43.1 Å². The summed E-state index contributed by atoms with van der Waals surface area (Å²) in [6.45, 7) is 4.25. The fourth-order valence-electron chi connectivity index (χ4n) is 0.594. The summed E-state index contributed by atoms with van der Waals surface area (Å²) in [7, 11) is 0. The van der Waals surface area contributed by atoms with E-state index in [0.29, 0.717) is 5.92 Å². The minimum Gasteiger partial charge on any atom is -0.322 e. The third-order valence-electron chi connectivity index (χ3n) is 1.25. The van der Waals surface area contributed by atoms with Crippen LogP contribution >= 0.6 is 0 Å². The second kappa shape index (κ2) is 4.50. The molecule has 0 aromatic heterocycles. The van der Waals surface area contributed by atoms with E-state index in [1.54, 1.807) is 0 Å². The van der Waals surface area contributed by atoms with Crippen LogP contribution in [-0.2, 0) is 4.79 Å². The predicted molar refractivity (Wildman–Crippen MR) is 38.1 cm³/mol. The average Bonchev–Trinajstić information content (AvgIpc) is 1.83. The van der Waals surface area contributed by atoms with Crippen molar-refractivity contribution in [3.63, 3.8) is 0 Å². The first-order valence-electron chi connectivity index (χ1n) is 3.37. The Balaban J connectivity index is 3.16. The van der Waals surface area contributed by atoms with Crippen molar-refractivity contribution in [2.24, 2.45) is 11.7 Å². The molecule has 0 aliphatic rings. The number of rotatable bonds is 4. The molecule has 0 aromatic carbocycles. The predicted octanol–water partition coefficient (Wildman–Crippen LogP) is 0.949. The number of carbonyl (C=O) groups is 1. The Labute approximate surface area is 56.4 Å². The molecule has 0 heterocycles. The van der Waals surface area contributed by atoms with Crippen LogP contribution in [0.25, 0.3) is 0 Å². The molecule has 0 saturated carbocycles. The summed E-state index contributed by atoms with van der Waals surface area (Å²) in [5.74, 6) is 0.649. The standard InChI is InChI=1S/C7H15NO/c1-6(2)3-4-7(8)5-9/h5-7H,3-4,8H2,1-2H3/t7-/m0/s1. The molecule has 0 fully saturated rings. The summed E-state index contributed by atoms with van der Waals surface area (Å²) in [6, 6.07) is -0.243. The largest absolute Gasteiger partial charge is 0.322 e. The van der Waals surface area contributed by atoms with Crippen LogP contribution in [0.4, 0.5) is 0 Å². The van der Waals surface area contributed by atoms with Crippen molar-refractivity contribution in [3.05, 3.63) is 0 Å². The fraction of sp³-hybridized carbons (Fsp3) is 0.857. The number of hydrogen-bond acceptors (Lipinski definition) is 2. The van der Waals surface area contributed by atoms with Gasteiger partial charge in [-0.2, -0.15) is 0 Å². The maximum atomic E-state index is 9.99. The summed E-state index contributed by atoms with van der Waals surface area (Å²) in [6.07, 6.45) is 2.67. The molecule has 2 nitrogen and oxygen atoms in total. The van der Waals surface area contributed by atoms with Gasteiger partial charge in [0.2, 0.25) is 0 Å². The van der Waals surface area contributed by atoms with Crippen LogP contribution in [0.2, 0.25) is 0 Å². The lowest BCUT2D eigenvalue weighted by molar-refractivity contribution is -0.109. The molecule has 54 valence electrons. The minimum atomic E-state index is -0.243. The average molecular weight is 129 g/mol. The van der Waals surface area contributed by atoms with Gasteiger partial charge in [-0.1, -0.05) is 13.8 Å². The van der Waals surface area contributed by atoms with Crippen molar-refractivity contribution in [1.29, 1.82) is 0 Å². The Kier molecular flexibility index (Phi) is 4.32. The zero-order chi connectivity index (χ0) is 7.28. The van der Waals surface area contributed by atoms with Gasteiger partial charge in [0, 0.05) is 0 Å². The molecule has 0 aromatic rings. The normalized spacial score (nSPS) is 13.8. The second-order valence-electron chi connectivity index (χ2n) is 2.77. The summed E-state index contributed by atoms with van der Waals surface area (Å²) >= 11 is 0. The van der Waals surface area contributed by atoms with Crippen LogP contribution in [0.5, 0.6) is 0 Å². The van der Waals surface area contributed by atoms with Gasteiger partial charge in [0.15, 0.2) is 0 Å². The Morgan fingerprint density at radius 1 is 1.44 bits per heavy atom. The SMILES string of the molecule is CC(C)CC[C@H](N)C=O. The van der Waals surface area contributed by atoms with Crippen molar-refractivity contribution in [3.8, 4) is 0 Å². The summed E-state index contributed by atoms with van der Waals surface area (Å²) in [5.41, 5.74) is 5.35. The summed E-state index contributed by atoms with van der Waals surface area (Å²) in [4.78, 5) is 9.99. The highest BCUT2D eigenvalue weighted by atomic mass is 16.1. The van der Waals surface area contributed by atoms with Crippen molar-refractivity contribution < 1.29 is 4.79 Å². The lowest BCUT2D eigenvalue weighted by Crippen LogP contribution is -2.21. The maximum Gasteiger partial charge on any atom is 0.136 e. The Bertz CT molecular complexity index is 81.0. The molecule has 0 spiro atoms. The first-order chi connectivity index (χ1) is 4.16. The quantitative estimate of drug-likeness (QED) is 0.574. The van der Waals surface area contributed by atoms with Gasteiger partial charge >= 0.3 is 0 Å². The number of hydrogen-bond donors (Lipinski definition) is 1.